The number of aromatic amines is 1. The van der Waals surface area contributed by atoms with Crippen LogP contribution >= 0.6 is 0 Å². The maximum atomic E-state index is 12.0. The molecule has 2 heterocycles. The fraction of sp³-hybridized carbons (Fsp3) is 0.714. The van der Waals surface area contributed by atoms with Crippen LogP contribution in [0.25, 0.3) is 0 Å². The van der Waals surface area contributed by atoms with E-state index >= 15 is 0 Å². The minimum absolute atomic E-state index is 0.106. The Labute approximate surface area is 127 Å². The fourth-order valence-electron chi connectivity index (χ4n) is 2.56. The average molecular weight is 314 g/mol. The van der Waals surface area contributed by atoms with Gasteiger partial charge in [0.15, 0.2) is 6.23 Å². The van der Waals surface area contributed by atoms with Crippen molar-refractivity contribution in [3.63, 3.8) is 0 Å². The number of aliphatic hydroxyl groups excluding tert-OH is 1. The smallest absolute Gasteiger partial charge is 0.330 e. The molecule has 0 radical (unpaired) electrons. The van der Waals surface area contributed by atoms with Gasteiger partial charge in [0.25, 0.3) is 5.56 Å². The molecule has 1 aromatic rings. The second kappa shape index (κ2) is 7.19. The molecule has 1 aromatic heterocycles. The Morgan fingerprint density at radius 1 is 1.41 bits per heavy atom. The standard InChI is InChI=1S/C14H22N2O6/c1-8-6-16(14(19)15-12(8)18)13-11(21-5-4-20-3)9(2)10(7-17)22-13/h6,9-11,13,17H,4-5,7H2,1-3H3,(H,15,18,19). The van der Waals surface area contributed by atoms with Gasteiger partial charge in [-0.2, -0.15) is 0 Å². The van der Waals surface area contributed by atoms with Crippen molar-refractivity contribution in [3.8, 4) is 0 Å². The van der Waals surface area contributed by atoms with Gasteiger partial charge < -0.3 is 19.3 Å². The number of nitrogens with one attached hydrogen (secondary N) is 1. The molecule has 124 valence electrons. The van der Waals surface area contributed by atoms with Crippen molar-refractivity contribution in [1.29, 1.82) is 0 Å². The van der Waals surface area contributed by atoms with E-state index in [4.69, 9.17) is 14.2 Å². The molecule has 0 amide bonds. The highest BCUT2D eigenvalue weighted by Crippen LogP contribution is 2.35. The Morgan fingerprint density at radius 2 is 2.14 bits per heavy atom. The highest BCUT2D eigenvalue weighted by atomic mass is 16.6. The quantitative estimate of drug-likeness (QED) is 0.680. The highest BCUT2D eigenvalue weighted by Gasteiger charge is 2.43. The summed E-state index contributed by atoms with van der Waals surface area (Å²) in [4.78, 5) is 25.8. The summed E-state index contributed by atoms with van der Waals surface area (Å²) in [5.41, 5.74) is -0.589. The number of aryl methyl sites for hydroxylation is 1. The van der Waals surface area contributed by atoms with Crippen LogP contribution in [0.3, 0.4) is 0 Å². The number of aromatic nitrogens is 2. The molecule has 4 unspecified atom stereocenters. The maximum absolute atomic E-state index is 12.0. The van der Waals surface area contributed by atoms with Crippen LogP contribution in [0.2, 0.25) is 0 Å². The third kappa shape index (κ3) is 3.30. The summed E-state index contributed by atoms with van der Waals surface area (Å²) in [6.45, 7) is 4.10. The molecule has 2 N–H and O–H groups in total. The second-order valence-corrected chi connectivity index (χ2v) is 5.41. The maximum Gasteiger partial charge on any atom is 0.330 e. The molecule has 2 rings (SSSR count). The van der Waals surface area contributed by atoms with Gasteiger partial charge in [0.2, 0.25) is 0 Å². The molecule has 4 atom stereocenters. The van der Waals surface area contributed by atoms with Gasteiger partial charge in [-0.05, 0) is 6.92 Å². The third-order valence-corrected chi connectivity index (χ3v) is 3.90. The van der Waals surface area contributed by atoms with Gasteiger partial charge in [0.05, 0.1) is 25.9 Å². The molecule has 0 aromatic carbocycles. The van der Waals surface area contributed by atoms with E-state index in [0.29, 0.717) is 18.8 Å². The van der Waals surface area contributed by atoms with Crippen LogP contribution in [0.4, 0.5) is 0 Å². The van der Waals surface area contributed by atoms with Crippen molar-refractivity contribution in [3.05, 3.63) is 32.6 Å². The van der Waals surface area contributed by atoms with Crippen molar-refractivity contribution in [2.75, 3.05) is 26.9 Å². The van der Waals surface area contributed by atoms with Crippen molar-refractivity contribution >= 4 is 0 Å². The number of ether oxygens (including phenoxy) is 3. The largest absolute Gasteiger partial charge is 0.394 e. The molecule has 0 aliphatic carbocycles. The topological polar surface area (TPSA) is 103 Å². The molecule has 8 nitrogen and oxygen atoms in total. The number of nitrogens with zero attached hydrogens (tertiary/aromatic N) is 1. The second-order valence-electron chi connectivity index (χ2n) is 5.41. The van der Waals surface area contributed by atoms with Gasteiger partial charge in [-0.3, -0.25) is 14.3 Å². The van der Waals surface area contributed by atoms with Crippen LogP contribution in [0, 0.1) is 12.8 Å². The molecule has 0 spiro atoms. The van der Waals surface area contributed by atoms with E-state index in [2.05, 4.69) is 4.98 Å². The summed E-state index contributed by atoms with van der Waals surface area (Å²) >= 11 is 0. The van der Waals surface area contributed by atoms with Gasteiger partial charge in [-0.15, -0.1) is 0 Å². The van der Waals surface area contributed by atoms with Crippen molar-refractivity contribution in [1.82, 2.24) is 9.55 Å². The first-order chi connectivity index (χ1) is 10.5. The molecule has 1 aliphatic rings. The number of hydrogen-bond donors (Lipinski definition) is 2. The number of hydrogen-bond acceptors (Lipinski definition) is 6. The van der Waals surface area contributed by atoms with E-state index < -0.39 is 29.7 Å². The first kappa shape index (κ1) is 16.9. The molecule has 0 saturated carbocycles. The number of methoxy groups -OCH3 is 1. The lowest BCUT2D eigenvalue weighted by atomic mass is 10.0. The summed E-state index contributed by atoms with van der Waals surface area (Å²) in [5.74, 6) is -0.106. The Morgan fingerprint density at radius 3 is 2.77 bits per heavy atom. The molecule has 1 fully saturated rings. The number of H-pyrrole nitrogens is 1. The van der Waals surface area contributed by atoms with Gasteiger partial charge in [-0.1, -0.05) is 6.92 Å². The van der Waals surface area contributed by atoms with Gasteiger partial charge in [0, 0.05) is 24.8 Å². The molecule has 1 aliphatic heterocycles. The lowest BCUT2D eigenvalue weighted by Gasteiger charge is -2.23. The van der Waals surface area contributed by atoms with Gasteiger partial charge >= 0.3 is 5.69 Å². The SMILES string of the molecule is COCCOC1C(C)C(CO)OC1n1cc(C)c(=O)[nH]c1=O. The molecular weight excluding hydrogens is 292 g/mol. The lowest BCUT2D eigenvalue weighted by Crippen LogP contribution is -2.38. The number of rotatable bonds is 6. The van der Waals surface area contributed by atoms with E-state index in [0.717, 1.165) is 0 Å². The minimum Gasteiger partial charge on any atom is -0.394 e. The first-order valence-corrected chi connectivity index (χ1v) is 7.18. The van der Waals surface area contributed by atoms with Crippen molar-refractivity contribution in [2.45, 2.75) is 32.3 Å². The van der Waals surface area contributed by atoms with E-state index in [-0.39, 0.29) is 12.5 Å². The van der Waals surface area contributed by atoms with Crippen LogP contribution in [-0.4, -0.2) is 53.8 Å². The summed E-state index contributed by atoms with van der Waals surface area (Å²) in [6.07, 6.45) is -0.107. The van der Waals surface area contributed by atoms with Crippen LogP contribution in [0.5, 0.6) is 0 Å². The van der Waals surface area contributed by atoms with Crippen LogP contribution in [0.15, 0.2) is 15.8 Å². The molecule has 1 saturated heterocycles. The number of aliphatic hydroxyl groups is 1. The highest BCUT2D eigenvalue weighted by molar-refractivity contribution is 5.03. The first-order valence-electron chi connectivity index (χ1n) is 7.18. The zero-order chi connectivity index (χ0) is 16.3. The van der Waals surface area contributed by atoms with Gasteiger partial charge in [-0.25, -0.2) is 4.79 Å². The molecule has 0 bridgehead atoms. The zero-order valence-corrected chi connectivity index (χ0v) is 12.9. The zero-order valence-electron chi connectivity index (χ0n) is 12.9. The van der Waals surface area contributed by atoms with Crippen molar-refractivity contribution in [2.24, 2.45) is 5.92 Å². The minimum atomic E-state index is -0.702. The fourth-order valence-corrected chi connectivity index (χ4v) is 2.56. The summed E-state index contributed by atoms with van der Waals surface area (Å²) in [6, 6.07) is 0. The summed E-state index contributed by atoms with van der Waals surface area (Å²) < 4.78 is 17.8. The van der Waals surface area contributed by atoms with Gasteiger partial charge in [0.1, 0.15) is 6.10 Å². The lowest BCUT2D eigenvalue weighted by molar-refractivity contribution is -0.0794. The van der Waals surface area contributed by atoms with E-state index in [9.17, 15) is 14.7 Å². The molecule has 8 heteroatoms. The Kier molecular flexibility index (Phi) is 5.52. The predicted octanol–water partition coefficient (Wildman–Crippen LogP) is -0.598. The van der Waals surface area contributed by atoms with Crippen LogP contribution < -0.4 is 11.2 Å². The summed E-state index contributed by atoms with van der Waals surface area (Å²) in [5, 5.41) is 9.41. The average Bonchev–Trinajstić information content (AvgIpc) is 2.80. The normalized spacial score (nSPS) is 28.2. The Bertz CT molecular complexity index is 610. The third-order valence-electron chi connectivity index (χ3n) is 3.90. The van der Waals surface area contributed by atoms with Crippen molar-refractivity contribution < 1.29 is 19.3 Å². The predicted molar refractivity (Wildman–Crippen MR) is 77.8 cm³/mol. The van der Waals surface area contributed by atoms with Crippen LogP contribution in [-0.2, 0) is 14.2 Å². The van der Waals surface area contributed by atoms with Crippen LogP contribution in [0.1, 0.15) is 18.7 Å². The Balaban J connectivity index is 2.31. The monoisotopic (exact) mass is 314 g/mol. The molecule has 22 heavy (non-hydrogen) atoms. The molecular formula is C14H22N2O6. The van der Waals surface area contributed by atoms with E-state index in [1.54, 1.807) is 14.0 Å². The van der Waals surface area contributed by atoms with E-state index in [1.165, 1.54) is 10.8 Å². The Hall–Kier alpha value is -1.48. The summed E-state index contributed by atoms with van der Waals surface area (Å²) in [7, 11) is 1.57. The van der Waals surface area contributed by atoms with E-state index in [1.807, 2.05) is 6.92 Å².